The van der Waals surface area contributed by atoms with E-state index in [1.807, 2.05) is 32.1 Å². The van der Waals surface area contributed by atoms with E-state index in [-0.39, 0.29) is 11.8 Å². The van der Waals surface area contributed by atoms with Crippen LogP contribution in [0, 0.1) is 6.92 Å². The van der Waals surface area contributed by atoms with E-state index in [4.69, 9.17) is 0 Å². The van der Waals surface area contributed by atoms with Crippen LogP contribution in [0.3, 0.4) is 0 Å². The van der Waals surface area contributed by atoms with E-state index >= 15 is 0 Å². The van der Waals surface area contributed by atoms with Gasteiger partial charge in [0.1, 0.15) is 0 Å². The van der Waals surface area contributed by atoms with Crippen molar-refractivity contribution in [1.82, 2.24) is 29.0 Å². The number of rotatable bonds is 9. The molecule has 1 saturated heterocycles. The third-order valence-electron chi connectivity index (χ3n) is 5.40. The van der Waals surface area contributed by atoms with Gasteiger partial charge in [-0.15, -0.1) is 0 Å². The fourth-order valence-corrected chi connectivity index (χ4v) is 5.28. The monoisotopic (exact) mass is 465 g/mol. The highest BCUT2D eigenvalue weighted by Gasteiger charge is 2.28. The summed E-state index contributed by atoms with van der Waals surface area (Å²) in [5, 5.41) is 17.7. The quantitative estimate of drug-likeness (QED) is 0.567. The van der Waals surface area contributed by atoms with E-state index in [1.165, 1.54) is 0 Å². The summed E-state index contributed by atoms with van der Waals surface area (Å²) in [6.07, 6.45) is 6.80. The molecule has 1 fully saturated rings. The molecule has 11 heteroatoms. The molecule has 0 bridgehead atoms. The molecule has 0 amide bonds. The van der Waals surface area contributed by atoms with Gasteiger partial charge in [0.15, 0.2) is 0 Å². The van der Waals surface area contributed by atoms with Gasteiger partial charge in [-0.05, 0) is 53.3 Å². The summed E-state index contributed by atoms with van der Waals surface area (Å²) in [5.41, 5.74) is 1.72. The Balaban J connectivity index is 1.62. The molecule has 2 aromatic rings. The Bertz CT molecular complexity index is 1010. The van der Waals surface area contributed by atoms with Crippen molar-refractivity contribution in [2.75, 3.05) is 44.8 Å². The van der Waals surface area contributed by atoms with Crippen LogP contribution in [0.5, 0.6) is 0 Å². The summed E-state index contributed by atoms with van der Waals surface area (Å²) in [6.45, 7) is 7.33. The van der Waals surface area contributed by atoms with Gasteiger partial charge in [-0.3, -0.25) is 4.68 Å². The number of sulfonamides is 1. The van der Waals surface area contributed by atoms with E-state index < -0.39 is 15.6 Å². The second-order valence-electron chi connectivity index (χ2n) is 9.40. The number of aryl methyl sites for hydroxylation is 1. The second kappa shape index (κ2) is 9.82. The smallest absolute Gasteiger partial charge is 0.223 e. The number of piperidine rings is 1. The lowest BCUT2D eigenvalue weighted by molar-refractivity contribution is 0.0577. The summed E-state index contributed by atoms with van der Waals surface area (Å²) in [7, 11) is 0.522. The predicted octanol–water partition coefficient (Wildman–Crippen LogP) is 1.19. The fraction of sp³-hybridized carbons (Fsp3) is 0.667. The van der Waals surface area contributed by atoms with Crippen LogP contribution in [-0.4, -0.2) is 93.6 Å². The largest absolute Gasteiger partial charge is 0.389 e. The Hall–Kier alpha value is -2.08. The Morgan fingerprint density at radius 1 is 1.25 bits per heavy atom. The minimum atomic E-state index is -3.23. The van der Waals surface area contributed by atoms with Gasteiger partial charge in [-0.25, -0.2) is 22.7 Å². The summed E-state index contributed by atoms with van der Waals surface area (Å²) in [4.78, 5) is 11.0. The number of hydrogen-bond donors (Lipinski definition) is 2. The van der Waals surface area contributed by atoms with E-state index in [9.17, 15) is 13.5 Å². The molecule has 32 heavy (non-hydrogen) atoms. The summed E-state index contributed by atoms with van der Waals surface area (Å²) < 4.78 is 28.3. The normalized spacial score (nSPS) is 16.6. The first-order valence-corrected chi connectivity index (χ1v) is 12.5. The van der Waals surface area contributed by atoms with E-state index in [2.05, 4.69) is 20.4 Å². The molecule has 2 N–H and O–H groups in total. The molecule has 0 aromatic carbocycles. The van der Waals surface area contributed by atoms with Crippen LogP contribution in [0.1, 0.15) is 32.3 Å². The maximum Gasteiger partial charge on any atom is 0.223 e. The van der Waals surface area contributed by atoms with Crippen molar-refractivity contribution >= 4 is 16.0 Å². The van der Waals surface area contributed by atoms with Crippen molar-refractivity contribution in [2.24, 2.45) is 0 Å². The van der Waals surface area contributed by atoms with Gasteiger partial charge in [0, 0.05) is 43.6 Å². The maximum absolute atomic E-state index is 12.5. The standard InChI is InChI=1S/C21H35N7O3S/c1-16-12-22-20(25-19(16)17-13-23-27(14-17)15-21(2,3)29)24-18-6-8-28(9-7-18)32(30,31)11-10-26(4)5/h12-14,18,29H,6-11,15H2,1-5H3,(H,22,24,25). The number of nitrogens with zero attached hydrogens (tertiary/aromatic N) is 6. The lowest BCUT2D eigenvalue weighted by Gasteiger charge is -2.32. The zero-order chi connectivity index (χ0) is 23.5. The molecule has 0 saturated carbocycles. The highest BCUT2D eigenvalue weighted by Crippen LogP contribution is 2.23. The molecule has 3 heterocycles. The van der Waals surface area contributed by atoms with Gasteiger partial charge >= 0.3 is 0 Å². The van der Waals surface area contributed by atoms with Gasteiger partial charge in [0.05, 0.1) is 29.8 Å². The number of anilines is 1. The highest BCUT2D eigenvalue weighted by atomic mass is 32.2. The van der Waals surface area contributed by atoms with Crippen LogP contribution in [0.4, 0.5) is 5.95 Å². The van der Waals surface area contributed by atoms with Crippen molar-refractivity contribution in [3.63, 3.8) is 0 Å². The molecule has 0 radical (unpaired) electrons. The average Bonchev–Trinajstić information content (AvgIpc) is 3.15. The minimum absolute atomic E-state index is 0.115. The minimum Gasteiger partial charge on any atom is -0.389 e. The van der Waals surface area contributed by atoms with Crippen molar-refractivity contribution in [1.29, 1.82) is 0 Å². The molecule has 2 aromatic heterocycles. The molecule has 0 unspecified atom stereocenters. The van der Waals surface area contributed by atoms with Gasteiger partial charge < -0.3 is 15.3 Å². The third-order valence-corrected chi connectivity index (χ3v) is 7.25. The Kier molecular flexibility index (Phi) is 7.53. The van der Waals surface area contributed by atoms with Gasteiger partial charge in [0.25, 0.3) is 0 Å². The van der Waals surface area contributed by atoms with Crippen LogP contribution >= 0.6 is 0 Å². The number of hydrogen-bond acceptors (Lipinski definition) is 8. The van der Waals surface area contributed by atoms with Crippen molar-refractivity contribution in [3.8, 4) is 11.3 Å². The van der Waals surface area contributed by atoms with Crippen molar-refractivity contribution < 1.29 is 13.5 Å². The molecule has 1 aliphatic rings. The van der Waals surface area contributed by atoms with Crippen molar-refractivity contribution in [2.45, 2.75) is 51.8 Å². The molecule has 0 atom stereocenters. The SMILES string of the molecule is Cc1cnc(NC2CCN(S(=O)(=O)CCN(C)C)CC2)nc1-c1cnn(CC(C)(C)O)c1. The van der Waals surface area contributed by atoms with Crippen molar-refractivity contribution in [3.05, 3.63) is 24.2 Å². The van der Waals surface area contributed by atoms with E-state index in [0.29, 0.717) is 45.0 Å². The molecular weight excluding hydrogens is 430 g/mol. The zero-order valence-corrected chi connectivity index (χ0v) is 20.4. The Morgan fingerprint density at radius 3 is 2.56 bits per heavy atom. The lowest BCUT2D eigenvalue weighted by Crippen LogP contribution is -2.44. The first-order valence-electron chi connectivity index (χ1n) is 10.9. The lowest BCUT2D eigenvalue weighted by atomic mass is 10.1. The van der Waals surface area contributed by atoms with Crippen LogP contribution in [0.15, 0.2) is 18.6 Å². The fourth-order valence-electron chi connectivity index (χ4n) is 3.66. The highest BCUT2D eigenvalue weighted by molar-refractivity contribution is 7.89. The zero-order valence-electron chi connectivity index (χ0n) is 19.6. The Labute approximate surface area is 190 Å². The van der Waals surface area contributed by atoms with Gasteiger partial charge in [0.2, 0.25) is 16.0 Å². The molecule has 3 rings (SSSR count). The first-order chi connectivity index (χ1) is 14.9. The van der Waals surface area contributed by atoms with Crippen LogP contribution in [0.25, 0.3) is 11.3 Å². The maximum atomic E-state index is 12.5. The third kappa shape index (κ3) is 6.71. The summed E-state index contributed by atoms with van der Waals surface area (Å²) in [6, 6.07) is 0.115. The first kappa shape index (κ1) is 24.6. The van der Waals surface area contributed by atoms with Crippen LogP contribution < -0.4 is 5.32 Å². The number of nitrogens with one attached hydrogen (secondary N) is 1. The Morgan fingerprint density at radius 2 is 1.94 bits per heavy atom. The average molecular weight is 466 g/mol. The van der Waals surface area contributed by atoms with Crippen LogP contribution in [-0.2, 0) is 16.6 Å². The molecule has 0 aliphatic carbocycles. The summed E-state index contributed by atoms with van der Waals surface area (Å²) >= 11 is 0. The number of aromatic nitrogens is 4. The topological polar surface area (TPSA) is 116 Å². The summed E-state index contributed by atoms with van der Waals surface area (Å²) in [5.74, 6) is 0.665. The molecular formula is C21H35N7O3S. The van der Waals surface area contributed by atoms with Crippen LogP contribution in [0.2, 0.25) is 0 Å². The molecule has 1 aliphatic heterocycles. The molecule has 0 spiro atoms. The second-order valence-corrected chi connectivity index (χ2v) is 11.5. The van der Waals surface area contributed by atoms with Gasteiger partial charge in [-0.1, -0.05) is 0 Å². The van der Waals surface area contributed by atoms with E-state index in [1.54, 1.807) is 35.2 Å². The molecule has 178 valence electrons. The van der Waals surface area contributed by atoms with E-state index in [0.717, 1.165) is 16.8 Å². The predicted molar refractivity (Wildman–Crippen MR) is 125 cm³/mol. The molecule has 10 nitrogen and oxygen atoms in total. The van der Waals surface area contributed by atoms with Gasteiger partial charge in [-0.2, -0.15) is 5.10 Å². The number of aliphatic hydroxyl groups is 1.